The van der Waals surface area contributed by atoms with E-state index in [1.54, 1.807) is 0 Å². The highest BCUT2D eigenvalue weighted by molar-refractivity contribution is 6.30. The second kappa shape index (κ2) is 7.85. The van der Waals surface area contributed by atoms with Crippen LogP contribution < -0.4 is 5.32 Å². The van der Waals surface area contributed by atoms with Gasteiger partial charge in [-0.05, 0) is 48.9 Å². The Balaban J connectivity index is 1.55. The molecule has 1 amide bonds. The molecule has 0 spiro atoms. The summed E-state index contributed by atoms with van der Waals surface area (Å²) < 4.78 is 0. The molecule has 3 nitrogen and oxygen atoms in total. The first-order valence-corrected chi connectivity index (χ1v) is 10.1. The smallest absolute Gasteiger partial charge is 0.223 e. The van der Waals surface area contributed by atoms with E-state index in [0.717, 1.165) is 30.4 Å². The van der Waals surface area contributed by atoms with Crippen LogP contribution in [0.2, 0.25) is 5.02 Å². The van der Waals surface area contributed by atoms with Crippen molar-refractivity contribution in [2.24, 2.45) is 17.8 Å². The van der Waals surface area contributed by atoms with Crippen LogP contribution in [0.3, 0.4) is 0 Å². The lowest BCUT2D eigenvalue weighted by atomic mass is 9.67. The Morgan fingerprint density at radius 2 is 1.52 bits per heavy atom. The number of Topliss-reactive ketones (excluding diaryl/α,β-unsaturated/α-hetero) is 1. The second-order valence-corrected chi connectivity index (χ2v) is 8.24. The van der Waals surface area contributed by atoms with Crippen LogP contribution in [0, 0.1) is 17.8 Å². The third-order valence-corrected chi connectivity index (χ3v) is 6.29. The van der Waals surface area contributed by atoms with Crippen molar-refractivity contribution in [3.05, 3.63) is 70.7 Å². The van der Waals surface area contributed by atoms with Gasteiger partial charge in [0.1, 0.15) is 5.78 Å². The number of hydrogen-bond acceptors (Lipinski definition) is 2. The molecule has 2 bridgehead atoms. The number of fused-ring (bicyclic) bond motifs is 2. The first kappa shape index (κ1) is 18.2. The van der Waals surface area contributed by atoms with Crippen molar-refractivity contribution in [2.75, 3.05) is 0 Å². The Morgan fingerprint density at radius 1 is 0.926 bits per heavy atom. The van der Waals surface area contributed by atoms with Crippen LogP contribution in [0.5, 0.6) is 0 Å². The minimum Gasteiger partial charge on any atom is -0.345 e. The minimum absolute atomic E-state index is 0.0585. The predicted octanol–water partition coefficient (Wildman–Crippen LogP) is 4.94. The molecule has 140 valence electrons. The predicted molar refractivity (Wildman–Crippen MR) is 106 cm³/mol. The lowest BCUT2D eigenvalue weighted by Gasteiger charge is -2.37. The fraction of sp³-hybridized carbons (Fsp3) is 0.391. The zero-order chi connectivity index (χ0) is 18.8. The van der Waals surface area contributed by atoms with Crippen molar-refractivity contribution in [1.82, 2.24) is 5.32 Å². The number of rotatable bonds is 4. The van der Waals surface area contributed by atoms with Gasteiger partial charge < -0.3 is 5.32 Å². The number of carbonyl (C=O) groups excluding carboxylic acids is 2. The summed E-state index contributed by atoms with van der Waals surface area (Å²) in [5.41, 5.74) is 2.05. The number of halogens is 1. The second-order valence-electron chi connectivity index (χ2n) is 7.80. The zero-order valence-electron chi connectivity index (χ0n) is 15.2. The fourth-order valence-corrected chi connectivity index (χ4v) is 4.74. The third-order valence-electron chi connectivity index (χ3n) is 6.04. The van der Waals surface area contributed by atoms with E-state index in [2.05, 4.69) is 5.32 Å². The quantitative estimate of drug-likeness (QED) is 0.815. The summed E-state index contributed by atoms with van der Waals surface area (Å²) in [7, 11) is 0. The van der Waals surface area contributed by atoms with Gasteiger partial charge >= 0.3 is 0 Å². The topological polar surface area (TPSA) is 46.2 Å². The first-order valence-electron chi connectivity index (χ1n) is 9.76. The van der Waals surface area contributed by atoms with E-state index in [-0.39, 0.29) is 29.7 Å². The molecule has 1 N–H and O–H groups in total. The third kappa shape index (κ3) is 3.93. The van der Waals surface area contributed by atoms with Gasteiger partial charge in [0.2, 0.25) is 5.91 Å². The van der Waals surface area contributed by atoms with E-state index >= 15 is 0 Å². The molecule has 4 heteroatoms. The Hall–Kier alpha value is -2.13. The first-order chi connectivity index (χ1) is 13.1. The monoisotopic (exact) mass is 381 g/mol. The lowest BCUT2D eigenvalue weighted by Crippen LogP contribution is -2.43. The van der Waals surface area contributed by atoms with Gasteiger partial charge in [-0.3, -0.25) is 9.59 Å². The summed E-state index contributed by atoms with van der Waals surface area (Å²) in [5.74, 6) is 0.542. The van der Waals surface area contributed by atoms with Crippen LogP contribution in [0.15, 0.2) is 54.6 Å². The van der Waals surface area contributed by atoms with Crippen molar-refractivity contribution in [3.63, 3.8) is 0 Å². The summed E-state index contributed by atoms with van der Waals surface area (Å²) in [6.45, 7) is 0. The maximum absolute atomic E-state index is 13.1. The number of amides is 1. The van der Waals surface area contributed by atoms with Crippen LogP contribution in [-0.2, 0) is 9.59 Å². The molecule has 2 aliphatic carbocycles. The van der Waals surface area contributed by atoms with Gasteiger partial charge in [0, 0.05) is 22.8 Å². The van der Waals surface area contributed by atoms with Crippen molar-refractivity contribution in [3.8, 4) is 0 Å². The number of nitrogens with one attached hydrogen (secondary N) is 1. The van der Waals surface area contributed by atoms with E-state index in [0.29, 0.717) is 23.6 Å². The molecule has 2 saturated carbocycles. The number of benzene rings is 2. The van der Waals surface area contributed by atoms with Gasteiger partial charge in [-0.1, -0.05) is 60.5 Å². The standard InChI is InChI=1S/C23H24ClNO2/c24-20-11-9-16(10-12-20)21(15-5-2-1-3-6-15)25-23(27)19-13-17-7-4-8-18(14-19)22(17)26/h1-3,5-6,9-12,17-19,21H,4,7-8,13-14H2,(H,25,27). The molecule has 0 aromatic heterocycles. The fourth-order valence-electron chi connectivity index (χ4n) is 4.61. The maximum Gasteiger partial charge on any atom is 0.223 e. The van der Waals surface area contributed by atoms with E-state index in [1.165, 1.54) is 0 Å². The van der Waals surface area contributed by atoms with E-state index < -0.39 is 0 Å². The van der Waals surface area contributed by atoms with Crippen LogP contribution >= 0.6 is 11.6 Å². The Labute approximate surface area is 165 Å². The zero-order valence-corrected chi connectivity index (χ0v) is 16.0. The Morgan fingerprint density at radius 3 is 2.15 bits per heavy atom. The average molecular weight is 382 g/mol. The summed E-state index contributed by atoms with van der Waals surface area (Å²) in [6.07, 6.45) is 4.40. The normalized spacial score (nSPS) is 25.7. The lowest BCUT2D eigenvalue weighted by molar-refractivity contribution is -0.137. The molecule has 2 aromatic rings. The molecule has 3 unspecified atom stereocenters. The highest BCUT2D eigenvalue weighted by Gasteiger charge is 2.41. The number of carbonyl (C=O) groups is 2. The molecule has 0 aliphatic heterocycles. The van der Waals surface area contributed by atoms with Crippen LogP contribution in [0.4, 0.5) is 0 Å². The molecule has 3 atom stereocenters. The van der Waals surface area contributed by atoms with Crippen molar-refractivity contribution in [2.45, 2.75) is 38.1 Å². The number of hydrogen-bond donors (Lipinski definition) is 1. The van der Waals surface area contributed by atoms with Crippen LogP contribution in [0.25, 0.3) is 0 Å². The molecule has 2 aliphatic rings. The molecule has 0 radical (unpaired) electrons. The van der Waals surface area contributed by atoms with Gasteiger partial charge in [-0.15, -0.1) is 0 Å². The van der Waals surface area contributed by atoms with Crippen LogP contribution in [-0.4, -0.2) is 11.7 Å². The minimum atomic E-state index is -0.214. The van der Waals surface area contributed by atoms with Gasteiger partial charge in [0.15, 0.2) is 0 Å². The largest absolute Gasteiger partial charge is 0.345 e. The van der Waals surface area contributed by atoms with Crippen LogP contribution in [0.1, 0.15) is 49.3 Å². The highest BCUT2D eigenvalue weighted by atomic mass is 35.5. The molecule has 27 heavy (non-hydrogen) atoms. The molecule has 2 fully saturated rings. The molecular weight excluding hydrogens is 358 g/mol. The van der Waals surface area contributed by atoms with Crippen molar-refractivity contribution < 1.29 is 9.59 Å². The highest BCUT2D eigenvalue weighted by Crippen LogP contribution is 2.40. The Kier molecular flexibility index (Phi) is 5.31. The molecule has 4 rings (SSSR count). The molecule has 0 heterocycles. The Bertz CT molecular complexity index is 802. The summed E-state index contributed by atoms with van der Waals surface area (Å²) in [5, 5.41) is 3.93. The van der Waals surface area contributed by atoms with E-state index in [9.17, 15) is 9.59 Å². The molecular formula is C23H24ClNO2. The number of ketones is 1. The van der Waals surface area contributed by atoms with E-state index in [4.69, 9.17) is 11.6 Å². The van der Waals surface area contributed by atoms with Gasteiger partial charge in [-0.25, -0.2) is 0 Å². The van der Waals surface area contributed by atoms with Crippen molar-refractivity contribution in [1.29, 1.82) is 0 Å². The summed E-state index contributed by atoms with van der Waals surface area (Å²) in [4.78, 5) is 25.4. The van der Waals surface area contributed by atoms with Gasteiger partial charge in [-0.2, -0.15) is 0 Å². The molecule has 0 saturated heterocycles. The van der Waals surface area contributed by atoms with Gasteiger partial charge in [0.25, 0.3) is 0 Å². The summed E-state index contributed by atoms with van der Waals surface area (Å²) >= 11 is 6.04. The summed E-state index contributed by atoms with van der Waals surface area (Å²) in [6, 6.07) is 17.4. The average Bonchev–Trinajstić information content (AvgIpc) is 2.67. The van der Waals surface area contributed by atoms with E-state index in [1.807, 2.05) is 54.6 Å². The maximum atomic E-state index is 13.1. The van der Waals surface area contributed by atoms with Gasteiger partial charge in [0.05, 0.1) is 6.04 Å². The molecule has 2 aromatic carbocycles. The van der Waals surface area contributed by atoms with Crippen molar-refractivity contribution >= 4 is 23.3 Å². The SMILES string of the molecule is O=C(NC(c1ccccc1)c1ccc(Cl)cc1)C1CC2CCCC(C1)C2=O.